The van der Waals surface area contributed by atoms with E-state index in [1.807, 2.05) is 0 Å². The number of rotatable bonds is 5. The number of benzene rings is 1. The first-order valence-electron chi connectivity index (χ1n) is 6.26. The zero-order chi connectivity index (χ0) is 12.9. The van der Waals surface area contributed by atoms with Crippen LogP contribution in [0, 0.1) is 12.3 Å². The van der Waals surface area contributed by atoms with Crippen LogP contribution in [0.1, 0.15) is 31.9 Å². The van der Waals surface area contributed by atoms with Gasteiger partial charge in [0.2, 0.25) is 0 Å². The highest BCUT2D eigenvalue weighted by Gasteiger charge is 2.09. The van der Waals surface area contributed by atoms with Crippen molar-refractivity contribution in [3.63, 3.8) is 0 Å². The van der Waals surface area contributed by atoms with Crippen LogP contribution in [0.2, 0.25) is 0 Å². The normalized spacial score (nSPS) is 11.6. The Balaban J connectivity index is 2.48. The van der Waals surface area contributed by atoms with Gasteiger partial charge >= 0.3 is 0 Å². The predicted octanol–water partition coefficient (Wildman–Crippen LogP) is 3.18. The molecule has 1 rings (SSSR count). The molecule has 0 atom stereocenters. The van der Waals surface area contributed by atoms with Crippen molar-refractivity contribution in [3.8, 4) is 5.75 Å². The van der Waals surface area contributed by atoms with Crippen molar-refractivity contribution in [2.24, 2.45) is 5.41 Å². The van der Waals surface area contributed by atoms with E-state index in [2.05, 4.69) is 51.2 Å². The summed E-state index contributed by atoms with van der Waals surface area (Å²) in [5, 5.41) is 3.49. The molecule has 1 N–H and O–H groups in total. The minimum absolute atomic E-state index is 0.344. The third-order valence-corrected chi connectivity index (χ3v) is 2.66. The Morgan fingerprint density at radius 2 is 1.94 bits per heavy atom. The Labute approximate surface area is 105 Å². The van der Waals surface area contributed by atoms with Gasteiger partial charge in [-0.3, -0.25) is 0 Å². The maximum absolute atomic E-state index is 5.37. The number of ether oxygens (including phenoxy) is 1. The first-order valence-corrected chi connectivity index (χ1v) is 6.26. The van der Waals surface area contributed by atoms with Gasteiger partial charge < -0.3 is 10.1 Å². The number of nitrogens with one attached hydrogen (secondary N) is 1. The SMILES string of the molecule is COc1ccc(C)cc1CCNCC(C)(C)C. The molecule has 0 amide bonds. The zero-order valence-electron chi connectivity index (χ0n) is 11.8. The van der Waals surface area contributed by atoms with Crippen molar-refractivity contribution in [3.05, 3.63) is 29.3 Å². The summed E-state index contributed by atoms with van der Waals surface area (Å²) in [4.78, 5) is 0. The average molecular weight is 235 g/mol. The summed E-state index contributed by atoms with van der Waals surface area (Å²) in [6, 6.07) is 6.34. The Hall–Kier alpha value is -1.02. The van der Waals surface area contributed by atoms with Crippen LogP contribution in [-0.2, 0) is 6.42 Å². The molecule has 1 aromatic carbocycles. The molecule has 0 saturated carbocycles. The molecular formula is C15H25NO. The lowest BCUT2D eigenvalue weighted by Gasteiger charge is -2.19. The molecular weight excluding hydrogens is 210 g/mol. The van der Waals surface area contributed by atoms with Gasteiger partial charge in [-0.25, -0.2) is 0 Å². The number of methoxy groups -OCH3 is 1. The predicted molar refractivity (Wildman–Crippen MR) is 73.8 cm³/mol. The fourth-order valence-corrected chi connectivity index (χ4v) is 1.79. The quantitative estimate of drug-likeness (QED) is 0.791. The molecule has 0 unspecified atom stereocenters. The molecule has 0 aromatic heterocycles. The van der Waals surface area contributed by atoms with Gasteiger partial charge in [-0.1, -0.05) is 38.5 Å². The van der Waals surface area contributed by atoms with E-state index in [4.69, 9.17) is 4.74 Å². The minimum Gasteiger partial charge on any atom is -0.496 e. The lowest BCUT2D eigenvalue weighted by molar-refractivity contribution is 0.379. The zero-order valence-corrected chi connectivity index (χ0v) is 11.8. The molecule has 2 nitrogen and oxygen atoms in total. The molecule has 0 fully saturated rings. The molecule has 0 bridgehead atoms. The molecule has 0 spiro atoms. The van der Waals surface area contributed by atoms with E-state index < -0.39 is 0 Å². The summed E-state index contributed by atoms with van der Waals surface area (Å²) in [6.45, 7) is 10.9. The highest BCUT2D eigenvalue weighted by Crippen LogP contribution is 2.19. The second-order valence-electron chi connectivity index (χ2n) is 5.80. The van der Waals surface area contributed by atoms with Crippen LogP contribution in [0.25, 0.3) is 0 Å². The van der Waals surface area contributed by atoms with E-state index >= 15 is 0 Å². The van der Waals surface area contributed by atoms with E-state index in [1.54, 1.807) is 7.11 Å². The number of hydrogen-bond donors (Lipinski definition) is 1. The van der Waals surface area contributed by atoms with Crippen molar-refractivity contribution in [1.82, 2.24) is 5.32 Å². The van der Waals surface area contributed by atoms with Crippen molar-refractivity contribution < 1.29 is 4.74 Å². The number of hydrogen-bond acceptors (Lipinski definition) is 2. The Kier molecular flexibility index (Phi) is 5.01. The van der Waals surface area contributed by atoms with Gasteiger partial charge in [0.25, 0.3) is 0 Å². The second kappa shape index (κ2) is 6.06. The van der Waals surface area contributed by atoms with E-state index in [-0.39, 0.29) is 0 Å². The van der Waals surface area contributed by atoms with Crippen LogP contribution in [0.5, 0.6) is 5.75 Å². The molecule has 0 aliphatic rings. The first kappa shape index (κ1) is 14.0. The van der Waals surface area contributed by atoms with Gasteiger partial charge in [-0.05, 0) is 36.9 Å². The van der Waals surface area contributed by atoms with Gasteiger partial charge in [0, 0.05) is 6.54 Å². The van der Waals surface area contributed by atoms with Crippen molar-refractivity contribution in [1.29, 1.82) is 0 Å². The molecule has 2 heteroatoms. The summed E-state index contributed by atoms with van der Waals surface area (Å²) in [7, 11) is 1.73. The lowest BCUT2D eigenvalue weighted by atomic mass is 9.97. The fourth-order valence-electron chi connectivity index (χ4n) is 1.79. The number of aryl methyl sites for hydroxylation is 1. The van der Waals surface area contributed by atoms with Gasteiger partial charge in [0.05, 0.1) is 7.11 Å². The van der Waals surface area contributed by atoms with Crippen LogP contribution in [0.3, 0.4) is 0 Å². The van der Waals surface area contributed by atoms with Crippen molar-refractivity contribution in [2.45, 2.75) is 34.1 Å². The summed E-state index contributed by atoms with van der Waals surface area (Å²) in [6.07, 6.45) is 1.01. The molecule has 0 saturated heterocycles. The second-order valence-corrected chi connectivity index (χ2v) is 5.80. The average Bonchev–Trinajstić information content (AvgIpc) is 2.23. The molecule has 1 aromatic rings. The molecule has 0 heterocycles. The van der Waals surface area contributed by atoms with Crippen LogP contribution in [-0.4, -0.2) is 20.2 Å². The Morgan fingerprint density at radius 1 is 1.24 bits per heavy atom. The lowest BCUT2D eigenvalue weighted by Crippen LogP contribution is -2.28. The van der Waals surface area contributed by atoms with Gasteiger partial charge in [-0.15, -0.1) is 0 Å². The molecule has 0 aliphatic carbocycles. The van der Waals surface area contributed by atoms with Crippen LogP contribution >= 0.6 is 0 Å². The van der Waals surface area contributed by atoms with E-state index in [9.17, 15) is 0 Å². The van der Waals surface area contributed by atoms with E-state index in [0.29, 0.717) is 5.41 Å². The van der Waals surface area contributed by atoms with Crippen molar-refractivity contribution >= 4 is 0 Å². The van der Waals surface area contributed by atoms with Crippen molar-refractivity contribution in [2.75, 3.05) is 20.2 Å². The molecule has 0 radical (unpaired) electrons. The maximum Gasteiger partial charge on any atom is 0.122 e. The largest absolute Gasteiger partial charge is 0.496 e. The summed E-state index contributed by atoms with van der Waals surface area (Å²) in [5.41, 5.74) is 2.92. The molecule has 96 valence electrons. The van der Waals surface area contributed by atoms with E-state index in [1.165, 1.54) is 11.1 Å². The maximum atomic E-state index is 5.37. The van der Waals surface area contributed by atoms with Gasteiger partial charge in [0.1, 0.15) is 5.75 Å². The van der Waals surface area contributed by atoms with Crippen LogP contribution in [0.15, 0.2) is 18.2 Å². The van der Waals surface area contributed by atoms with Gasteiger partial charge in [0.15, 0.2) is 0 Å². The Bertz CT molecular complexity index is 352. The minimum atomic E-state index is 0.344. The van der Waals surface area contributed by atoms with Gasteiger partial charge in [-0.2, -0.15) is 0 Å². The molecule has 0 aliphatic heterocycles. The smallest absolute Gasteiger partial charge is 0.122 e. The fraction of sp³-hybridized carbons (Fsp3) is 0.600. The van der Waals surface area contributed by atoms with Crippen LogP contribution in [0.4, 0.5) is 0 Å². The third kappa shape index (κ3) is 5.22. The highest BCUT2D eigenvalue weighted by atomic mass is 16.5. The first-order chi connectivity index (χ1) is 7.92. The summed E-state index contributed by atoms with van der Waals surface area (Å²) >= 11 is 0. The highest BCUT2D eigenvalue weighted by molar-refractivity contribution is 5.37. The van der Waals surface area contributed by atoms with E-state index in [0.717, 1.165) is 25.3 Å². The summed E-state index contributed by atoms with van der Waals surface area (Å²) in [5.74, 6) is 0.994. The molecule has 17 heavy (non-hydrogen) atoms. The third-order valence-electron chi connectivity index (χ3n) is 2.66. The standard InChI is InChI=1S/C15H25NO/c1-12-6-7-14(17-5)13(10-12)8-9-16-11-15(2,3)4/h6-7,10,16H,8-9,11H2,1-5H3. The topological polar surface area (TPSA) is 21.3 Å². The Morgan fingerprint density at radius 3 is 2.53 bits per heavy atom. The summed E-state index contributed by atoms with van der Waals surface area (Å²) < 4.78 is 5.37. The monoisotopic (exact) mass is 235 g/mol. The van der Waals surface area contributed by atoms with Crippen LogP contribution < -0.4 is 10.1 Å².